The third-order valence-corrected chi connectivity index (χ3v) is 4.25. The first-order valence-electron chi connectivity index (χ1n) is 7.57. The fourth-order valence-corrected chi connectivity index (χ4v) is 2.65. The minimum Gasteiger partial charge on any atom is -0.480 e. The summed E-state index contributed by atoms with van der Waals surface area (Å²) in [6.45, 7) is 3.34. The Morgan fingerprint density at radius 2 is 1.96 bits per heavy atom. The Hall–Kier alpha value is -2.41. The van der Waals surface area contributed by atoms with Crippen molar-refractivity contribution in [1.29, 1.82) is 0 Å². The van der Waals surface area contributed by atoms with Crippen molar-refractivity contribution in [2.24, 2.45) is 0 Å². The van der Waals surface area contributed by atoms with E-state index in [0.29, 0.717) is 27.0 Å². The van der Waals surface area contributed by atoms with E-state index < -0.39 is 11.9 Å². The van der Waals surface area contributed by atoms with Gasteiger partial charge in [0.15, 0.2) is 6.10 Å². The van der Waals surface area contributed by atoms with Crippen molar-refractivity contribution in [3.63, 3.8) is 0 Å². The minimum atomic E-state index is -0.815. The van der Waals surface area contributed by atoms with E-state index >= 15 is 0 Å². The SMILES string of the molecule is CNC(=O)c1cccc(NC(=O)C(C)Oc2ccc(F)cc2Br)c1C. The quantitative estimate of drug-likeness (QED) is 0.792. The third-order valence-electron chi connectivity index (χ3n) is 3.63. The van der Waals surface area contributed by atoms with Crippen LogP contribution in [-0.2, 0) is 4.79 Å². The highest BCUT2D eigenvalue weighted by atomic mass is 79.9. The molecule has 1 atom stereocenters. The van der Waals surface area contributed by atoms with E-state index in [1.807, 2.05) is 0 Å². The fourth-order valence-electron chi connectivity index (χ4n) is 2.20. The van der Waals surface area contributed by atoms with Gasteiger partial charge in [-0.05, 0) is 65.7 Å². The monoisotopic (exact) mass is 408 g/mol. The Morgan fingerprint density at radius 1 is 1.24 bits per heavy atom. The van der Waals surface area contributed by atoms with Gasteiger partial charge in [-0.1, -0.05) is 6.07 Å². The van der Waals surface area contributed by atoms with E-state index in [-0.39, 0.29) is 11.8 Å². The normalized spacial score (nSPS) is 11.6. The van der Waals surface area contributed by atoms with Crippen molar-refractivity contribution < 1.29 is 18.7 Å². The van der Waals surface area contributed by atoms with Crippen molar-refractivity contribution in [3.8, 4) is 5.75 Å². The molecular formula is C18H18BrFN2O3. The number of hydrogen-bond acceptors (Lipinski definition) is 3. The van der Waals surface area contributed by atoms with Crippen molar-refractivity contribution in [1.82, 2.24) is 5.32 Å². The number of anilines is 1. The molecule has 132 valence electrons. The smallest absolute Gasteiger partial charge is 0.265 e. The van der Waals surface area contributed by atoms with Gasteiger partial charge in [0.2, 0.25) is 0 Å². The van der Waals surface area contributed by atoms with Crippen LogP contribution in [0.1, 0.15) is 22.8 Å². The van der Waals surface area contributed by atoms with E-state index in [0.717, 1.165) is 0 Å². The first-order chi connectivity index (χ1) is 11.8. The maximum absolute atomic E-state index is 13.1. The van der Waals surface area contributed by atoms with Gasteiger partial charge in [0, 0.05) is 18.3 Å². The summed E-state index contributed by atoms with van der Waals surface area (Å²) in [7, 11) is 1.55. The first-order valence-corrected chi connectivity index (χ1v) is 8.37. The lowest BCUT2D eigenvalue weighted by Crippen LogP contribution is -2.30. The van der Waals surface area contributed by atoms with Crippen molar-refractivity contribution in [2.75, 3.05) is 12.4 Å². The average molecular weight is 409 g/mol. The molecule has 0 spiro atoms. The van der Waals surface area contributed by atoms with Crippen LogP contribution < -0.4 is 15.4 Å². The molecule has 7 heteroatoms. The van der Waals surface area contributed by atoms with Gasteiger partial charge in [-0.25, -0.2) is 4.39 Å². The van der Waals surface area contributed by atoms with E-state index in [2.05, 4.69) is 26.6 Å². The topological polar surface area (TPSA) is 67.4 Å². The predicted octanol–water partition coefficient (Wildman–Crippen LogP) is 3.66. The molecule has 0 aliphatic carbocycles. The molecule has 2 aromatic rings. The molecule has 0 aliphatic heterocycles. The van der Waals surface area contributed by atoms with Gasteiger partial charge in [-0.3, -0.25) is 9.59 Å². The van der Waals surface area contributed by atoms with Gasteiger partial charge < -0.3 is 15.4 Å². The molecule has 0 radical (unpaired) electrons. The zero-order valence-electron chi connectivity index (χ0n) is 14.0. The number of carbonyl (C=O) groups excluding carboxylic acids is 2. The summed E-state index contributed by atoms with van der Waals surface area (Å²) in [6, 6.07) is 9.04. The summed E-state index contributed by atoms with van der Waals surface area (Å²) in [5.74, 6) is -0.653. The van der Waals surface area contributed by atoms with E-state index in [4.69, 9.17) is 4.74 Å². The van der Waals surface area contributed by atoms with E-state index in [1.165, 1.54) is 18.2 Å². The zero-order valence-corrected chi connectivity index (χ0v) is 15.6. The minimum absolute atomic E-state index is 0.229. The largest absolute Gasteiger partial charge is 0.480 e. The van der Waals surface area contributed by atoms with Crippen LogP contribution in [0.5, 0.6) is 5.75 Å². The zero-order chi connectivity index (χ0) is 18.6. The van der Waals surface area contributed by atoms with Gasteiger partial charge >= 0.3 is 0 Å². The van der Waals surface area contributed by atoms with Gasteiger partial charge in [0.1, 0.15) is 11.6 Å². The number of amides is 2. The highest BCUT2D eigenvalue weighted by Gasteiger charge is 2.18. The molecular weight excluding hydrogens is 391 g/mol. The lowest BCUT2D eigenvalue weighted by atomic mass is 10.1. The first kappa shape index (κ1) is 18.9. The second kappa shape index (κ2) is 8.11. The second-order valence-corrected chi connectivity index (χ2v) is 6.24. The number of benzene rings is 2. The maximum atomic E-state index is 13.1. The molecule has 25 heavy (non-hydrogen) atoms. The number of hydrogen-bond donors (Lipinski definition) is 2. The fraction of sp³-hybridized carbons (Fsp3) is 0.222. The Morgan fingerprint density at radius 3 is 2.60 bits per heavy atom. The third kappa shape index (κ3) is 4.57. The van der Waals surface area contributed by atoms with Crippen LogP contribution in [0.3, 0.4) is 0 Å². The molecule has 0 aromatic heterocycles. The Bertz CT molecular complexity index is 811. The summed E-state index contributed by atoms with van der Waals surface area (Å²) in [5, 5.41) is 5.30. The molecule has 1 unspecified atom stereocenters. The molecule has 0 fully saturated rings. The average Bonchev–Trinajstić information content (AvgIpc) is 2.58. The summed E-state index contributed by atoms with van der Waals surface area (Å²) in [4.78, 5) is 24.2. The van der Waals surface area contributed by atoms with Crippen molar-refractivity contribution in [3.05, 3.63) is 57.8 Å². The Labute approximate surface area is 153 Å². The number of halogens is 2. The maximum Gasteiger partial charge on any atom is 0.265 e. The summed E-state index contributed by atoms with van der Waals surface area (Å²) < 4.78 is 19.1. The van der Waals surface area contributed by atoms with Crippen LogP contribution in [0.25, 0.3) is 0 Å². The number of carbonyl (C=O) groups is 2. The molecule has 0 aliphatic rings. The molecule has 0 saturated heterocycles. The standard InChI is InChI=1S/C18H18BrFN2O3/c1-10-13(18(24)21-3)5-4-6-15(10)22-17(23)11(2)25-16-8-7-12(20)9-14(16)19/h4-9,11H,1-3H3,(H,21,24)(H,22,23). The van der Waals surface area contributed by atoms with Crippen LogP contribution in [0.4, 0.5) is 10.1 Å². The molecule has 0 heterocycles. The van der Waals surface area contributed by atoms with Gasteiger partial charge in [-0.15, -0.1) is 0 Å². The van der Waals surface area contributed by atoms with E-state index in [1.54, 1.807) is 39.1 Å². The highest BCUT2D eigenvalue weighted by molar-refractivity contribution is 9.10. The molecule has 0 bridgehead atoms. The van der Waals surface area contributed by atoms with Crippen LogP contribution >= 0.6 is 15.9 Å². The molecule has 2 aromatic carbocycles. The summed E-state index contributed by atoms with van der Waals surface area (Å²) in [6.07, 6.45) is -0.815. The van der Waals surface area contributed by atoms with Crippen LogP contribution in [-0.4, -0.2) is 25.0 Å². The lowest BCUT2D eigenvalue weighted by molar-refractivity contribution is -0.122. The van der Waals surface area contributed by atoms with Crippen LogP contribution in [0.2, 0.25) is 0 Å². The Kier molecular flexibility index (Phi) is 6.14. The van der Waals surface area contributed by atoms with Crippen molar-refractivity contribution in [2.45, 2.75) is 20.0 Å². The van der Waals surface area contributed by atoms with Gasteiger partial charge in [0.05, 0.1) is 4.47 Å². The highest BCUT2D eigenvalue weighted by Crippen LogP contribution is 2.27. The second-order valence-electron chi connectivity index (χ2n) is 5.38. The van der Waals surface area contributed by atoms with Gasteiger partial charge in [0.25, 0.3) is 11.8 Å². The molecule has 2 N–H and O–H groups in total. The lowest BCUT2D eigenvalue weighted by Gasteiger charge is -2.17. The Balaban J connectivity index is 2.12. The predicted molar refractivity (Wildman–Crippen MR) is 97.4 cm³/mol. The summed E-state index contributed by atoms with van der Waals surface area (Å²) in [5.41, 5.74) is 1.67. The summed E-state index contributed by atoms with van der Waals surface area (Å²) >= 11 is 3.20. The van der Waals surface area contributed by atoms with Crippen LogP contribution in [0.15, 0.2) is 40.9 Å². The van der Waals surface area contributed by atoms with E-state index in [9.17, 15) is 14.0 Å². The molecule has 2 amide bonds. The van der Waals surface area contributed by atoms with Gasteiger partial charge in [-0.2, -0.15) is 0 Å². The number of rotatable bonds is 5. The molecule has 5 nitrogen and oxygen atoms in total. The molecule has 0 saturated carbocycles. The van der Waals surface area contributed by atoms with Crippen LogP contribution in [0, 0.1) is 12.7 Å². The number of nitrogens with one attached hydrogen (secondary N) is 2. The van der Waals surface area contributed by atoms with Crippen molar-refractivity contribution >= 4 is 33.4 Å². The number of ether oxygens (including phenoxy) is 1. The molecule has 2 rings (SSSR count).